The molecule has 0 aromatic rings. The van der Waals surface area contributed by atoms with Crippen molar-refractivity contribution in [2.75, 3.05) is 13.2 Å². The highest BCUT2D eigenvalue weighted by atomic mass is 16.5. The van der Waals surface area contributed by atoms with Gasteiger partial charge in [0, 0.05) is 18.5 Å². The van der Waals surface area contributed by atoms with Gasteiger partial charge < -0.3 is 15.2 Å². The van der Waals surface area contributed by atoms with E-state index >= 15 is 0 Å². The first-order valence-corrected chi connectivity index (χ1v) is 3.69. The number of aliphatic carboxylic acids is 1. The lowest BCUT2D eigenvalue weighted by molar-refractivity contribution is -0.159. The summed E-state index contributed by atoms with van der Waals surface area (Å²) < 4.78 is 5.24. The Kier molecular flexibility index (Phi) is 1.13. The molecule has 62 valence electrons. The fourth-order valence-corrected chi connectivity index (χ4v) is 1.83. The molecule has 0 aromatic heterocycles. The summed E-state index contributed by atoms with van der Waals surface area (Å²) in [6.45, 7) is 2.95. The highest BCUT2D eigenvalue weighted by Crippen LogP contribution is 2.38. The minimum absolute atomic E-state index is 0.0988. The van der Waals surface area contributed by atoms with Gasteiger partial charge in [0.25, 0.3) is 0 Å². The van der Waals surface area contributed by atoms with E-state index in [1.165, 1.54) is 0 Å². The normalized spacial score (nSPS) is 48.1. The van der Waals surface area contributed by atoms with Crippen molar-refractivity contribution in [3.05, 3.63) is 0 Å². The van der Waals surface area contributed by atoms with E-state index < -0.39 is 11.6 Å². The zero-order chi connectivity index (χ0) is 8.11. The van der Waals surface area contributed by atoms with E-state index in [9.17, 15) is 4.79 Å². The number of ether oxygens (including phenoxy) is 1. The van der Waals surface area contributed by atoms with E-state index in [0.29, 0.717) is 19.6 Å². The van der Waals surface area contributed by atoms with E-state index in [-0.39, 0.29) is 5.54 Å². The summed E-state index contributed by atoms with van der Waals surface area (Å²) in [7, 11) is 0. The largest absolute Gasteiger partial charge is 0.479 e. The van der Waals surface area contributed by atoms with Crippen LogP contribution in [0.15, 0.2) is 0 Å². The molecule has 2 atom stereocenters. The molecule has 2 aliphatic rings. The standard InChI is InChI=1S/C7H11NO3/c1-6-2-7(3-8-6,5(9)10)11-4-6/h8H,2-4H2,1H3,(H,9,10). The molecule has 4 nitrogen and oxygen atoms in total. The quantitative estimate of drug-likeness (QED) is 0.543. The van der Waals surface area contributed by atoms with Crippen molar-refractivity contribution in [3.8, 4) is 0 Å². The van der Waals surface area contributed by atoms with E-state index in [1.54, 1.807) is 0 Å². The number of nitrogens with one attached hydrogen (secondary N) is 1. The predicted molar refractivity (Wildman–Crippen MR) is 37.3 cm³/mol. The maximum atomic E-state index is 10.8. The van der Waals surface area contributed by atoms with Crippen molar-refractivity contribution in [3.63, 3.8) is 0 Å². The fraction of sp³-hybridized carbons (Fsp3) is 0.857. The molecule has 0 saturated carbocycles. The maximum absolute atomic E-state index is 10.8. The molecule has 2 N–H and O–H groups in total. The van der Waals surface area contributed by atoms with Gasteiger partial charge in [-0.15, -0.1) is 0 Å². The van der Waals surface area contributed by atoms with Gasteiger partial charge >= 0.3 is 5.97 Å². The first-order chi connectivity index (χ1) is 5.06. The van der Waals surface area contributed by atoms with Crippen molar-refractivity contribution in [1.82, 2.24) is 5.32 Å². The monoisotopic (exact) mass is 157 g/mol. The van der Waals surface area contributed by atoms with Crippen molar-refractivity contribution in [1.29, 1.82) is 0 Å². The Morgan fingerprint density at radius 1 is 1.73 bits per heavy atom. The molecular weight excluding hydrogens is 146 g/mol. The van der Waals surface area contributed by atoms with Crippen molar-refractivity contribution in [2.24, 2.45) is 0 Å². The number of carboxylic acids is 1. The Morgan fingerprint density at radius 3 is 2.64 bits per heavy atom. The van der Waals surface area contributed by atoms with Crippen LogP contribution in [0.4, 0.5) is 0 Å². The lowest BCUT2D eigenvalue weighted by Crippen LogP contribution is -2.47. The number of carboxylic acid groups (broad SMARTS) is 1. The minimum Gasteiger partial charge on any atom is -0.479 e. The average Bonchev–Trinajstić information content (AvgIpc) is 2.42. The number of hydrogen-bond donors (Lipinski definition) is 2. The average molecular weight is 157 g/mol. The van der Waals surface area contributed by atoms with Crippen LogP contribution < -0.4 is 5.32 Å². The van der Waals surface area contributed by atoms with Gasteiger partial charge in [-0.2, -0.15) is 0 Å². The number of carbonyl (C=O) groups is 1. The Balaban J connectivity index is 2.27. The lowest BCUT2D eigenvalue weighted by atomic mass is 9.96. The summed E-state index contributed by atoms with van der Waals surface area (Å²) in [5.74, 6) is -0.841. The van der Waals surface area contributed by atoms with Gasteiger partial charge in [0.2, 0.25) is 0 Å². The van der Waals surface area contributed by atoms with E-state index in [4.69, 9.17) is 9.84 Å². The molecule has 2 bridgehead atoms. The number of morpholine rings is 1. The van der Waals surface area contributed by atoms with Crippen LogP contribution in [0.25, 0.3) is 0 Å². The molecule has 0 spiro atoms. The Hall–Kier alpha value is -0.610. The number of fused-ring (bicyclic) bond motifs is 2. The first-order valence-electron chi connectivity index (χ1n) is 3.69. The third-order valence-electron chi connectivity index (χ3n) is 2.53. The highest BCUT2D eigenvalue weighted by Gasteiger charge is 2.57. The van der Waals surface area contributed by atoms with Gasteiger partial charge in [-0.25, -0.2) is 4.79 Å². The molecule has 0 aliphatic carbocycles. The maximum Gasteiger partial charge on any atom is 0.337 e. The van der Waals surface area contributed by atoms with Gasteiger partial charge in [0.1, 0.15) is 0 Å². The van der Waals surface area contributed by atoms with Crippen LogP contribution in [-0.4, -0.2) is 35.4 Å². The third-order valence-corrected chi connectivity index (χ3v) is 2.53. The predicted octanol–water partition coefficient (Wildman–Crippen LogP) is -0.408. The summed E-state index contributed by atoms with van der Waals surface area (Å²) in [5.41, 5.74) is -1.02. The van der Waals surface area contributed by atoms with Crippen LogP contribution in [0, 0.1) is 0 Å². The van der Waals surface area contributed by atoms with Crippen LogP contribution in [0.2, 0.25) is 0 Å². The molecule has 0 radical (unpaired) electrons. The third kappa shape index (κ3) is 0.795. The minimum atomic E-state index is -0.922. The molecule has 2 fully saturated rings. The Bertz CT molecular complexity index is 206. The molecule has 2 heterocycles. The number of hydrogen-bond acceptors (Lipinski definition) is 3. The second-order valence-electron chi connectivity index (χ2n) is 3.68. The summed E-state index contributed by atoms with van der Waals surface area (Å²) in [4.78, 5) is 10.8. The molecule has 0 amide bonds. The molecular formula is C7H11NO3. The van der Waals surface area contributed by atoms with E-state index in [2.05, 4.69) is 5.32 Å². The number of rotatable bonds is 1. The Labute approximate surface area is 64.5 Å². The van der Waals surface area contributed by atoms with Gasteiger partial charge in [-0.3, -0.25) is 0 Å². The Morgan fingerprint density at radius 2 is 2.45 bits per heavy atom. The van der Waals surface area contributed by atoms with Crippen molar-refractivity contribution >= 4 is 5.97 Å². The lowest BCUT2D eigenvalue weighted by Gasteiger charge is -2.24. The van der Waals surface area contributed by atoms with E-state index in [1.807, 2.05) is 6.92 Å². The second kappa shape index (κ2) is 1.76. The molecule has 4 heteroatoms. The molecule has 11 heavy (non-hydrogen) atoms. The summed E-state index contributed by atoms with van der Waals surface area (Å²) in [6, 6.07) is 0. The molecule has 2 aliphatic heterocycles. The highest BCUT2D eigenvalue weighted by molar-refractivity contribution is 5.79. The molecule has 0 aromatic carbocycles. The summed E-state index contributed by atoms with van der Waals surface area (Å²) >= 11 is 0. The molecule has 2 saturated heterocycles. The SMILES string of the molecule is CC12COC(C(=O)O)(CN1)C2. The van der Waals surface area contributed by atoms with Crippen molar-refractivity contribution < 1.29 is 14.6 Å². The fourth-order valence-electron chi connectivity index (χ4n) is 1.83. The van der Waals surface area contributed by atoms with Crippen LogP contribution in [0.5, 0.6) is 0 Å². The van der Waals surface area contributed by atoms with Gasteiger partial charge in [0.05, 0.1) is 6.61 Å². The smallest absolute Gasteiger partial charge is 0.337 e. The van der Waals surface area contributed by atoms with Gasteiger partial charge in [0.15, 0.2) is 5.60 Å². The summed E-state index contributed by atoms with van der Waals surface area (Å²) in [5, 5.41) is 12.0. The summed E-state index contributed by atoms with van der Waals surface area (Å²) in [6.07, 6.45) is 0.593. The van der Waals surface area contributed by atoms with Crippen LogP contribution in [0.1, 0.15) is 13.3 Å². The van der Waals surface area contributed by atoms with Gasteiger partial charge in [-0.05, 0) is 6.92 Å². The zero-order valence-electron chi connectivity index (χ0n) is 6.39. The zero-order valence-corrected chi connectivity index (χ0v) is 6.39. The van der Waals surface area contributed by atoms with Crippen LogP contribution >= 0.6 is 0 Å². The van der Waals surface area contributed by atoms with Crippen LogP contribution in [-0.2, 0) is 9.53 Å². The topological polar surface area (TPSA) is 58.6 Å². The molecule has 2 unspecified atom stereocenters. The van der Waals surface area contributed by atoms with Crippen LogP contribution in [0.3, 0.4) is 0 Å². The van der Waals surface area contributed by atoms with Crippen molar-refractivity contribution in [2.45, 2.75) is 24.5 Å². The van der Waals surface area contributed by atoms with Gasteiger partial charge in [-0.1, -0.05) is 0 Å². The first kappa shape index (κ1) is 7.06. The molecule has 2 rings (SSSR count). The second-order valence-corrected chi connectivity index (χ2v) is 3.68. The van der Waals surface area contributed by atoms with E-state index in [0.717, 1.165) is 0 Å².